The van der Waals surface area contributed by atoms with E-state index in [1.165, 1.54) is 0 Å². The minimum Gasteiger partial charge on any atom is -0.375 e. The van der Waals surface area contributed by atoms with Gasteiger partial charge in [0, 0.05) is 25.7 Å². The predicted octanol–water partition coefficient (Wildman–Crippen LogP) is 2.08. The van der Waals surface area contributed by atoms with Crippen molar-refractivity contribution in [1.82, 2.24) is 9.80 Å². The Morgan fingerprint density at radius 1 is 1.35 bits per heavy atom. The molecule has 0 spiro atoms. The zero-order valence-electron chi connectivity index (χ0n) is 13.1. The zero-order valence-corrected chi connectivity index (χ0v) is 13.1. The van der Waals surface area contributed by atoms with Crippen molar-refractivity contribution in [2.24, 2.45) is 0 Å². The molecule has 1 fully saturated rings. The van der Waals surface area contributed by atoms with Gasteiger partial charge in [0.15, 0.2) is 0 Å². The summed E-state index contributed by atoms with van der Waals surface area (Å²) in [7, 11) is 2.02. The van der Waals surface area contributed by atoms with Gasteiger partial charge in [-0.15, -0.1) is 13.2 Å². The topological polar surface area (TPSA) is 32.8 Å². The lowest BCUT2D eigenvalue weighted by Crippen LogP contribution is -2.48. The van der Waals surface area contributed by atoms with E-state index in [4.69, 9.17) is 4.74 Å². The lowest BCUT2D eigenvalue weighted by molar-refractivity contribution is -0.133. The molecule has 1 amide bonds. The standard InChI is InChI=1S/C16H28N2O2/c1-6-9-18(10-7-2)15(19)13-17(5)14-8-11-20-16(3,4)12-14/h6-7,14H,1-2,8-13H2,3-5H3/t14-/m1/s1. The first-order valence-corrected chi connectivity index (χ1v) is 7.23. The number of likely N-dealkylation sites (N-methyl/N-ethyl adjacent to an activating group) is 1. The van der Waals surface area contributed by atoms with Gasteiger partial charge in [-0.1, -0.05) is 12.2 Å². The third-order valence-corrected chi connectivity index (χ3v) is 3.73. The van der Waals surface area contributed by atoms with Crippen LogP contribution in [0.25, 0.3) is 0 Å². The van der Waals surface area contributed by atoms with Gasteiger partial charge in [-0.3, -0.25) is 9.69 Å². The molecule has 4 nitrogen and oxygen atoms in total. The van der Waals surface area contributed by atoms with Crippen molar-refractivity contribution in [3.8, 4) is 0 Å². The fraction of sp³-hybridized carbons (Fsp3) is 0.688. The van der Waals surface area contributed by atoms with E-state index in [0.29, 0.717) is 25.7 Å². The van der Waals surface area contributed by atoms with E-state index < -0.39 is 0 Å². The van der Waals surface area contributed by atoms with Crippen LogP contribution < -0.4 is 0 Å². The summed E-state index contributed by atoms with van der Waals surface area (Å²) in [5.41, 5.74) is -0.0951. The van der Waals surface area contributed by atoms with E-state index in [0.717, 1.165) is 19.4 Å². The van der Waals surface area contributed by atoms with Gasteiger partial charge >= 0.3 is 0 Å². The van der Waals surface area contributed by atoms with Crippen LogP contribution >= 0.6 is 0 Å². The van der Waals surface area contributed by atoms with Crippen LogP contribution in [-0.4, -0.2) is 60.6 Å². The summed E-state index contributed by atoms with van der Waals surface area (Å²) in [6, 6.07) is 0.400. The molecule has 0 aromatic rings. The lowest BCUT2D eigenvalue weighted by atomic mass is 9.93. The first-order chi connectivity index (χ1) is 9.39. The Balaban J connectivity index is 2.55. The Hall–Kier alpha value is -1.13. The normalized spacial score (nSPS) is 21.5. The molecule has 0 aromatic heterocycles. The van der Waals surface area contributed by atoms with E-state index in [1.54, 1.807) is 17.1 Å². The molecule has 1 rings (SSSR count). The van der Waals surface area contributed by atoms with Crippen LogP contribution in [0.2, 0.25) is 0 Å². The van der Waals surface area contributed by atoms with Crippen molar-refractivity contribution in [3.05, 3.63) is 25.3 Å². The summed E-state index contributed by atoms with van der Waals surface area (Å²) in [5.74, 6) is 0.122. The highest BCUT2D eigenvalue weighted by atomic mass is 16.5. The number of nitrogens with zero attached hydrogens (tertiary/aromatic N) is 2. The fourth-order valence-electron chi connectivity index (χ4n) is 2.61. The van der Waals surface area contributed by atoms with E-state index in [1.807, 2.05) is 7.05 Å². The minimum absolute atomic E-state index is 0.0951. The van der Waals surface area contributed by atoms with Crippen molar-refractivity contribution < 1.29 is 9.53 Å². The van der Waals surface area contributed by atoms with Crippen LogP contribution in [0.15, 0.2) is 25.3 Å². The summed E-state index contributed by atoms with van der Waals surface area (Å²) in [5, 5.41) is 0. The summed E-state index contributed by atoms with van der Waals surface area (Å²) in [6.07, 6.45) is 5.44. The third-order valence-electron chi connectivity index (χ3n) is 3.73. The number of carbonyl (C=O) groups excluding carboxylic acids is 1. The molecule has 0 radical (unpaired) electrons. The molecule has 1 heterocycles. The SMILES string of the molecule is C=CCN(CC=C)C(=O)CN(C)[C@@H]1CCOC(C)(C)C1. The number of ether oxygens (including phenoxy) is 1. The number of carbonyl (C=O) groups is 1. The Morgan fingerprint density at radius 2 is 1.95 bits per heavy atom. The Kier molecular flexibility index (Phi) is 6.43. The molecule has 1 atom stereocenters. The molecule has 0 unspecified atom stereocenters. The summed E-state index contributed by atoms with van der Waals surface area (Å²) >= 11 is 0. The lowest BCUT2D eigenvalue weighted by Gasteiger charge is -2.40. The second-order valence-corrected chi connectivity index (χ2v) is 6.05. The maximum Gasteiger partial charge on any atom is 0.237 e. The summed E-state index contributed by atoms with van der Waals surface area (Å²) < 4.78 is 5.73. The molecule has 1 aliphatic rings. The Bertz CT molecular complexity index is 342. The summed E-state index contributed by atoms with van der Waals surface area (Å²) in [4.78, 5) is 16.2. The van der Waals surface area contributed by atoms with Gasteiger partial charge in [0.05, 0.1) is 12.1 Å². The third kappa shape index (κ3) is 5.10. The fourth-order valence-corrected chi connectivity index (χ4v) is 2.61. The molecule has 0 bridgehead atoms. The van der Waals surface area contributed by atoms with Crippen LogP contribution in [0.5, 0.6) is 0 Å². The number of rotatable bonds is 7. The van der Waals surface area contributed by atoms with Crippen LogP contribution in [-0.2, 0) is 9.53 Å². The number of amides is 1. The first-order valence-electron chi connectivity index (χ1n) is 7.23. The smallest absolute Gasteiger partial charge is 0.237 e. The molecule has 1 aliphatic heterocycles. The van der Waals surface area contributed by atoms with Gasteiger partial charge in [0.25, 0.3) is 0 Å². The van der Waals surface area contributed by atoms with Crippen LogP contribution in [0.4, 0.5) is 0 Å². The van der Waals surface area contributed by atoms with Gasteiger partial charge in [0.1, 0.15) is 0 Å². The van der Waals surface area contributed by atoms with Gasteiger partial charge in [-0.05, 0) is 33.7 Å². The molecule has 4 heteroatoms. The molecule has 0 N–H and O–H groups in total. The van der Waals surface area contributed by atoms with Crippen molar-refractivity contribution >= 4 is 5.91 Å². The highest BCUT2D eigenvalue weighted by molar-refractivity contribution is 5.78. The minimum atomic E-state index is -0.0951. The molecular weight excluding hydrogens is 252 g/mol. The molecule has 1 saturated heterocycles. The Labute approximate surface area is 123 Å². The first kappa shape index (κ1) is 16.9. The van der Waals surface area contributed by atoms with E-state index >= 15 is 0 Å². The maximum atomic E-state index is 12.3. The molecular formula is C16H28N2O2. The van der Waals surface area contributed by atoms with Gasteiger partial charge in [0.2, 0.25) is 5.91 Å². The molecule has 114 valence electrons. The van der Waals surface area contributed by atoms with Crippen molar-refractivity contribution in [2.75, 3.05) is 33.3 Å². The average Bonchev–Trinajstić information content (AvgIpc) is 2.37. The van der Waals surface area contributed by atoms with E-state index in [9.17, 15) is 4.79 Å². The van der Waals surface area contributed by atoms with Crippen molar-refractivity contribution in [3.63, 3.8) is 0 Å². The second kappa shape index (κ2) is 7.60. The van der Waals surface area contributed by atoms with E-state index in [-0.39, 0.29) is 11.5 Å². The Morgan fingerprint density at radius 3 is 2.45 bits per heavy atom. The molecule has 20 heavy (non-hydrogen) atoms. The van der Waals surface area contributed by atoms with Crippen molar-refractivity contribution in [2.45, 2.75) is 38.3 Å². The van der Waals surface area contributed by atoms with Crippen LogP contribution in [0, 0.1) is 0 Å². The second-order valence-electron chi connectivity index (χ2n) is 6.05. The van der Waals surface area contributed by atoms with Crippen LogP contribution in [0.3, 0.4) is 0 Å². The highest BCUT2D eigenvalue weighted by Crippen LogP contribution is 2.26. The quantitative estimate of drug-likeness (QED) is 0.669. The van der Waals surface area contributed by atoms with Gasteiger partial charge in [-0.2, -0.15) is 0 Å². The zero-order chi connectivity index (χ0) is 15.2. The largest absolute Gasteiger partial charge is 0.375 e. The molecule has 0 saturated carbocycles. The number of hydrogen-bond donors (Lipinski definition) is 0. The highest BCUT2D eigenvalue weighted by Gasteiger charge is 2.31. The van der Waals surface area contributed by atoms with E-state index in [2.05, 4.69) is 31.9 Å². The molecule has 0 aromatic carbocycles. The monoisotopic (exact) mass is 280 g/mol. The predicted molar refractivity (Wildman–Crippen MR) is 82.7 cm³/mol. The van der Waals surface area contributed by atoms with Gasteiger partial charge < -0.3 is 9.64 Å². The average molecular weight is 280 g/mol. The number of hydrogen-bond acceptors (Lipinski definition) is 3. The molecule has 0 aliphatic carbocycles. The maximum absolute atomic E-state index is 12.3. The summed E-state index contributed by atoms with van der Waals surface area (Å²) in [6.45, 7) is 13.9. The van der Waals surface area contributed by atoms with Crippen molar-refractivity contribution in [1.29, 1.82) is 0 Å². The van der Waals surface area contributed by atoms with Gasteiger partial charge in [-0.25, -0.2) is 0 Å². The van der Waals surface area contributed by atoms with Crippen LogP contribution in [0.1, 0.15) is 26.7 Å².